The number of halogens is 1. The number of amides is 1. The Morgan fingerprint density at radius 3 is 2.31 bits per heavy atom. The van der Waals surface area contributed by atoms with E-state index in [9.17, 15) is 9.90 Å². The van der Waals surface area contributed by atoms with E-state index in [4.69, 9.17) is 21.1 Å². The van der Waals surface area contributed by atoms with E-state index < -0.39 is 11.6 Å². The first-order chi connectivity index (χ1) is 13.7. The Hall–Kier alpha value is -3.06. The zero-order chi connectivity index (χ0) is 21.3. The van der Waals surface area contributed by atoms with E-state index in [1.807, 2.05) is 26.8 Å². The van der Waals surface area contributed by atoms with Crippen LogP contribution in [0.1, 0.15) is 20.8 Å². The summed E-state index contributed by atoms with van der Waals surface area (Å²) in [7, 11) is 3.10. The smallest absolute Gasteiger partial charge is 0.412 e. The van der Waals surface area contributed by atoms with E-state index in [1.165, 1.54) is 4.90 Å². The Kier molecular flexibility index (Phi) is 5.53. The van der Waals surface area contributed by atoms with Crippen molar-refractivity contribution in [1.29, 1.82) is 0 Å². The van der Waals surface area contributed by atoms with Gasteiger partial charge in [-0.25, -0.2) is 14.8 Å². The van der Waals surface area contributed by atoms with Crippen LogP contribution in [0.25, 0.3) is 22.2 Å². The summed E-state index contributed by atoms with van der Waals surface area (Å²) in [5.74, 6) is 1.06. The third-order valence-corrected chi connectivity index (χ3v) is 4.58. The van der Waals surface area contributed by atoms with Gasteiger partial charge in [-0.2, -0.15) is 0 Å². The fraction of sp³-hybridized carbons (Fsp3) is 0.286. The molecule has 1 aromatic heterocycles. The molecule has 0 unspecified atom stereocenters. The molecule has 0 spiro atoms. The number of rotatable bonds is 4. The zero-order valence-corrected chi connectivity index (χ0v) is 17.6. The highest BCUT2D eigenvalue weighted by atomic mass is 35.5. The van der Waals surface area contributed by atoms with Crippen LogP contribution in [0.2, 0.25) is 5.28 Å². The van der Waals surface area contributed by atoms with Gasteiger partial charge < -0.3 is 14.6 Å². The van der Waals surface area contributed by atoms with Crippen molar-refractivity contribution in [3.8, 4) is 22.8 Å². The molecule has 0 aliphatic rings. The number of nitrogens with zero attached hydrogens (tertiary/aromatic N) is 3. The summed E-state index contributed by atoms with van der Waals surface area (Å²) in [4.78, 5) is 21.9. The van der Waals surface area contributed by atoms with E-state index in [0.29, 0.717) is 39.3 Å². The van der Waals surface area contributed by atoms with Gasteiger partial charge in [0.25, 0.3) is 0 Å². The molecule has 2 aromatic carbocycles. The summed E-state index contributed by atoms with van der Waals surface area (Å²) in [6.07, 6.45) is -1.04. The topological polar surface area (TPSA) is 84.8 Å². The summed E-state index contributed by atoms with van der Waals surface area (Å²) >= 11 is 6.17. The van der Waals surface area contributed by atoms with Crippen LogP contribution in [0.15, 0.2) is 36.4 Å². The van der Waals surface area contributed by atoms with Crippen LogP contribution in [-0.4, -0.2) is 40.9 Å². The van der Waals surface area contributed by atoms with E-state index in [2.05, 4.69) is 9.97 Å². The minimum absolute atomic E-state index is 0.0797. The average molecular weight is 416 g/mol. The predicted octanol–water partition coefficient (Wildman–Crippen LogP) is 5.25. The van der Waals surface area contributed by atoms with Crippen LogP contribution >= 0.6 is 11.6 Å². The number of carbonyl (C=O) groups is 1. The van der Waals surface area contributed by atoms with E-state index in [1.54, 1.807) is 44.6 Å². The molecule has 0 aliphatic carbocycles. The lowest BCUT2D eigenvalue weighted by atomic mass is 10.0. The number of methoxy groups -OCH3 is 2. The minimum atomic E-state index is -1.04. The van der Waals surface area contributed by atoms with Gasteiger partial charge in [-0.15, -0.1) is 0 Å². The van der Waals surface area contributed by atoms with Crippen LogP contribution in [0.5, 0.6) is 11.5 Å². The fourth-order valence-electron chi connectivity index (χ4n) is 3.22. The van der Waals surface area contributed by atoms with Crippen molar-refractivity contribution in [2.45, 2.75) is 26.3 Å². The first-order valence-corrected chi connectivity index (χ1v) is 9.26. The standard InChI is InChI=1S/C21H22ClN3O4/c1-21(2,3)25(20(26)27)13-8-6-7-12(9-13)18-14-10-16(28-4)17(29-5)11-15(14)23-19(22)24-18/h6-11H,1-5H3,(H,26,27). The van der Waals surface area contributed by atoms with Gasteiger partial charge in [0, 0.05) is 28.2 Å². The maximum absolute atomic E-state index is 11.9. The highest BCUT2D eigenvalue weighted by Gasteiger charge is 2.28. The predicted molar refractivity (Wildman–Crippen MR) is 113 cm³/mol. The second-order valence-electron chi connectivity index (χ2n) is 7.40. The van der Waals surface area contributed by atoms with Gasteiger partial charge in [0.2, 0.25) is 5.28 Å². The SMILES string of the molecule is COc1cc2nc(Cl)nc(-c3cccc(N(C(=O)O)C(C)(C)C)c3)c2cc1OC. The number of fused-ring (bicyclic) bond motifs is 1. The molecule has 7 nitrogen and oxygen atoms in total. The molecule has 1 amide bonds. The van der Waals surface area contributed by atoms with Gasteiger partial charge >= 0.3 is 6.09 Å². The van der Waals surface area contributed by atoms with Crippen LogP contribution in [-0.2, 0) is 0 Å². The van der Waals surface area contributed by atoms with Crippen molar-refractivity contribution in [3.63, 3.8) is 0 Å². The van der Waals surface area contributed by atoms with Gasteiger partial charge in [0.1, 0.15) is 0 Å². The molecule has 0 fully saturated rings. The number of hydrogen-bond acceptors (Lipinski definition) is 5. The Labute approximate surface area is 173 Å². The van der Waals surface area contributed by atoms with E-state index in [-0.39, 0.29) is 5.28 Å². The van der Waals surface area contributed by atoms with Gasteiger partial charge in [0.15, 0.2) is 11.5 Å². The number of aromatic nitrogens is 2. The molecule has 3 rings (SSSR count). The molecular formula is C21H22ClN3O4. The number of carboxylic acid groups (broad SMARTS) is 1. The Balaban J connectivity index is 2.25. The molecule has 1 N–H and O–H groups in total. The van der Waals surface area contributed by atoms with Gasteiger partial charge in [0.05, 0.1) is 25.4 Å². The van der Waals surface area contributed by atoms with Crippen LogP contribution < -0.4 is 14.4 Å². The molecule has 8 heteroatoms. The molecule has 152 valence electrons. The molecule has 0 bridgehead atoms. The number of anilines is 1. The van der Waals surface area contributed by atoms with Crippen LogP contribution in [0.3, 0.4) is 0 Å². The molecule has 0 radical (unpaired) electrons. The zero-order valence-electron chi connectivity index (χ0n) is 16.9. The Bertz CT molecular complexity index is 1080. The first kappa shape index (κ1) is 20.7. The Morgan fingerprint density at radius 1 is 1.07 bits per heavy atom. The third kappa shape index (κ3) is 4.05. The van der Waals surface area contributed by atoms with Gasteiger partial charge in [-0.05, 0) is 50.6 Å². The quantitative estimate of drug-likeness (QED) is 0.586. The van der Waals surface area contributed by atoms with Crippen molar-refractivity contribution in [1.82, 2.24) is 9.97 Å². The van der Waals surface area contributed by atoms with Crippen molar-refractivity contribution in [2.75, 3.05) is 19.1 Å². The van der Waals surface area contributed by atoms with Gasteiger partial charge in [-0.3, -0.25) is 4.90 Å². The molecule has 29 heavy (non-hydrogen) atoms. The second-order valence-corrected chi connectivity index (χ2v) is 7.74. The van der Waals surface area contributed by atoms with Gasteiger partial charge in [-0.1, -0.05) is 12.1 Å². The fourth-order valence-corrected chi connectivity index (χ4v) is 3.40. The summed E-state index contributed by atoms with van der Waals surface area (Å²) < 4.78 is 10.7. The summed E-state index contributed by atoms with van der Waals surface area (Å²) in [5, 5.41) is 10.5. The number of benzene rings is 2. The normalized spacial score (nSPS) is 11.4. The molecule has 0 saturated heterocycles. The van der Waals surface area contributed by atoms with Crippen molar-refractivity contribution >= 4 is 34.3 Å². The lowest BCUT2D eigenvalue weighted by Crippen LogP contribution is -2.45. The van der Waals surface area contributed by atoms with Crippen molar-refractivity contribution < 1.29 is 19.4 Å². The summed E-state index contributed by atoms with van der Waals surface area (Å²) in [6, 6.07) is 10.7. The maximum Gasteiger partial charge on any atom is 0.412 e. The lowest BCUT2D eigenvalue weighted by Gasteiger charge is -2.33. The average Bonchev–Trinajstić information content (AvgIpc) is 2.65. The molecular weight excluding hydrogens is 394 g/mol. The lowest BCUT2D eigenvalue weighted by molar-refractivity contribution is 0.195. The third-order valence-electron chi connectivity index (χ3n) is 4.41. The monoisotopic (exact) mass is 415 g/mol. The van der Waals surface area contributed by atoms with Crippen molar-refractivity contribution in [3.05, 3.63) is 41.7 Å². The van der Waals surface area contributed by atoms with E-state index >= 15 is 0 Å². The second kappa shape index (κ2) is 7.75. The minimum Gasteiger partial charge on any atom is -0.493 e. The largest absolute Gasteiger partial charge is 0.493 e. The number of ether oxygens (including phenoxy) is 2. The molecule has 3 aromatic rings. The van der Waals surface area contributed by atoms with E-state index in [0.717, 1.165) is 0 Å². The molecule has 0 aliphatic heterocycles. The number of hydrogen-bond donors (Lipinski definition) is 1. The van der Waals surface area contributed by atoms with Crippen LogP contribution in [0, 0.1) is 0 Å². The highest BCUT2D eigenvalue weighted by molar-refractivity contribution is 6.29. The first-order valence-electron chi connectivity index (χ1n) is 8.88. The maximum atomic E-state index is 11.9. The van der Waals surface area contributed by atoms with Crippen LogP contribution in [0.4, 0.5) is 10.5 Å². The molecule has 0 atom stereocenters. The Morgan fingerprint density at radius 2 is 1.72 bits per heavy atom. The van der Waals surface area contributed by atoms with Crippen molar-refractivity contribution in [2.24, 2.45) is 0 Å². The highest BCUT2D eigenvalue weighted by Crippen LogP contribution is 2.37. The summed E-state index contributed by atoms with van der Waals surface area (Å²) in [6.45, 7) is 5.51. The summed E-state index contributed by atoms with van der Waals surface area (Å²) in [5.41, 5.74) is 1.79. The molecule has 1 heterocycles. The molecule has 0 saturated carbocycles.